The van der Waals surface area contributed by atoms with E-state index < -0.39 is 5.97 Å². The van der Waals surface area contributed by atoms with E-state index in [0.29, 0.717) is 5.92 Å². The number of hydrogen-bond donors (Lipinski definition) is 1. The molecule has 1 aromatic heterocycles. The quantitative estimate of drug-likeness (QED) is 0.832. The number of aliphatic carboxylic acids is 1. The van der Waals surface area contributed by atoms with Crippen LogP contribution >= 0.6 is 0 Å². The van der Waals surface area contributed by atoms with Gasteiger partial charge in [0, 0.05) is 25.3 Å². The molecule has 5 heteroatoms. The second kappa shape index (κ2) is 3.57. The van der Waals surface area contributed by atoms with Crippen LogP contribution in [0.25, 0.3) is 0 Å². The van der Waals surface area contributed by atoms with Gasteiger partial charge in [-0.1, -0.05) is 0 Å². The van der Waals surface area contributed by atoms with Crippen LogP contribution in [0, 0.1) is 5.92 Å². The van der Waals surface area contributed by atoms with Crippen molar-refractivity contribution in [3.63, 3.8) is 0 Å². The monoisotopic (exact) mass is 221 g/mol. The molecule has 16 heavy (non-hydrogen) atoms. The molecule has 1 saturated carbocycles. The smallest absolute Gasteiger partial charge is 0.303 e. The summed E-state index contributed by atoms with van der Waals surface area (Å²) in [7, 11) is 0. The van der Waals surface area contributed by atoms with Crippen LogP contribution in [0.2, 0.25) is 0 Å². The van der Waals surface area contributed by atoms with Gasteiger partial charge in [-0.15, -0.1) is 0 Å². The molecule has 0 radical (unpaired) electrons. The predicted octanol–water partition coefficient (Wildman–Crippen LogP) is 1.19. The Labute approximate surface area is 93.5 Å². The molecule has 1 atom stereocenters. The van der Waals surface area contributed by atoms with Crippen LogP contribution in [0.15, 0.2) is 0 Å². The third-order valence-corrected chi connectivity index (χ3v) is 3.38. The highest BCUT2D eigenvalue weighted by molar-refractivity contribution is 5.67. The van der Waals surface area contributed by atoms with Crippen molar-refractivity contribution in [2.75, 3.05) is 0 Å². The predicted molar refractivity (Wildman–Crippen MR) is 56.1 cm³/mol. The second-order valence-corrected chi connectivity index (χ2v) is 4.85. The van der Waals surface area contributed by atoms with Crippen molar-refractivity contribution >= 4 is 5.97 Å². The lowest BCUT2D eigenvalue weighted by atomic mass is 9.96. The minimum absolute atomic E-state index is 0.221. The number of carboxylic acids is 1. The lowest BCUT2D eigenvalue weighted by Crippen LogP contribution is -2.23. The zero-order valence-corrected chi connectivity index (χ0v) is 9.09. The maximum absolute atomic E-state index is 10.7. The Morgan fingerprint density at radius 3 is 2.94 bits per heavy atom. The number of rotatable bonds is 3. The van der Waals surface area contributed by atoms with Crippen molar-refractivity contribution in [1.82, 2.24) is 14.8 Å². The van der Waals surface area contributed by atoms with Gasteiger partial charge < -0.3 is 5.11 Å². The lowest BCUT2D eigenvalue weighted by molar-refractivity contribution is -0.138. The first-order chi connectivity index (χ1) is 7.72. The summed E-state index contributed by atoms with van der Waals surface area (Å²) in [6, 6.07) is 0. The molecule has 0 amide bonds. The maximum atomic E-state index is 10.7. The molecule has 0 aromatic carbocycles. The van der Waals surface area contributed by atoms with E-state index >= 15 is 0 Å². The molecule has 1 aliphatic heterocycles. The largest absolute Gasteiger partial charge is 0.481 e. The molecule has 1 aromatic rings. The first kappa shape index (κ1) is 9.81. The van der Waals surface area contributed by atoms with Gasteiger partial charge >= 0.3 is 5.97 Å². The molecule has 1 unspecified atom stereocenters. The Hall–Kier alpha value is -1.39. The third kappa shape index (κ3) is 1.81. The standard InChI is InChI=1S/C11H15N3O2/c15-10(16)5-7-1-4-9-12-11(8-2-3-8)13-14(9)6-7/h7-8H,1-6H2,(H,15,16). The number of carboxylic acid groups (broad SMARTS) is 1. The van der Waals surface area contributed by atoms with Crippen LogP contribution in [0.1, 0.15) is 43.3 Å². The van der Waals surface area contributed by atoms with E-state index in [9.17, 15) is 4.79 Å². The van der Waals surface area contributed by atoms with Crippen LogP contribution in [0.3, 0.4) is 0 Å². The maximum Gasteiger partial charge on any atom is 0.303 e. The van der Waals surface area contributed by atoms with Gasteiger partial charge in [0.05, 0.1) is 0 Å². The highest BCUT2D eigenvalue weighted by atomic mass is 16.4. The number of hydrogen-bond acceptors (Lipinski definition) is 3. The van der Waals surface area contributed by atoms with Gasteiger partial charge in [0.15, 0.2) is 5.82 Å². The van der Waals surface area contributed by atoms with E-state index in [1.165, 1.54) is 12.8 Å². The van der Waals surface area contributed by atoms with E-state index in [0.717, 1.165) is 31.0 Å². The van der Waals surface area contributed by atoms with Crippen molar-refractivity contribution in [1.29, 1.82) is 0 Å². The molecule has 1 N–H and O–H groups in total. The average Bonchev–Trinajstić information content (AvgIpc) is 2.98. The third-order valence-electron chi connectivity index (χ3n) is 3.38. The molecular weight excluding hydrogens is 206 g/mol. The van der Waals surface area contributed by atoms with Crippen LogP contribution in [0.5, 0.6) is 0 Å². The summed E-state index contributed by atoms with van der Waals surface area (Å²) in [5, 5.41) is 13.3. The molecular formula is C11H15N3O2. The van der Waals surface area contributed by atoms with E-state index in [2.05, 4.69) is 10.1 Å². The molecule has 1 aliphatic carbocycles. The lowest BCUT2D eigenvalue weighted by Gasteiger charge is -2.20. The highest BCUT2D eigenvalue weighted by Gasteiger charge is 2.30. The van der Waals surface area contributed by atoms with Gasteiger partial charge in [0.1, 0.15) is 5.82 Å². The first-order valence-corrected chi connectivity index (χ1v) is 5.88. The summed E-state index contributed by atoms with van der Waals surface area (Å²) in [5.41, 5.74) is 0. The summed E-state index contributed by atoms with van der Waals surface area (Å²) >= 11 is 0. The Bertz CT molecular complexity index is 423. The zero-order chi connectivity index (χ0) is 11.1. The van der Waals surface area contributed by atoms with Crippen LogP contribution < -0.4 is 0 Å². The first-order valence-electron chi connectivity index (χ1n) is 5.88. The molecule has 86 valence electrons. The summed E-state index contributed by atoms with van der Waals surface area (Å²) in [6.45, 7) is 0.724. The normalized spacial score (nSPS) is 24.1. The summed E-state index contributed by atoms with van der Waals surface area (Å²) in [6.07, 6.45) is 4.47. The zero-order valence-electron chi connectivity index (χ0n) is 9.09. The van der Waals surface area contributed by atoms with E-state index in [1.54, 1.807) is 0 Å². The van der Waals surface area contributed by atoms with Crippen LogP contribution in [-0.2, 0) is 17.8 Å². The van der Waals surface area contributed by atoms with E-state index in [-0.39, 0.29) is 12.3 Å². The van der Waals surface area contributed by atoms with Crippen molar-refractivity contribution in [3.8, 4) is 0 Å². The molecule has 3 rings (SSSR count). The molecule has 0 saturated heterocycles. The van der Waals surface area contributed by atoms with Crippen LogP contribution in [-0.4, -0.2) is 25.8 Å². The fourth-order valence-electron chi connectivity index (χ4n) is 2.32. The summed E-state index contributed by atoms with van der Waals surface area (Å²) in [5.74, 6) is 2.11. The second-order valence-electron chi connectivity index (χ2n) is 4.85. The SMILES string of the molecule is O=C(O)CC1CCc2nc(C3CC3)nn2C1. The fraction of sp³-hybridized carbons (Fsp3) is 0.727. The molecule has 2 aliphatic rings. The van der Waals surface area contributed by atoms with Crippen molar-refractivity contribution < 1.29 is 9.90 Å². The van der Waals surface area contributed by atoms with Crippen LogP contribution in [0.4, 0.5) is 0 Å². The number of fused-ring (bicyclic) bond motifs is 1. The Kier molecular flexibility index (Phi) is 2.19. The van der Waals surface area contributed by atoms with E-state index in [4.69, 9.17) is 5.11 Å². The van der Waals surface area contributed by atoms with Gasteiger partial charge in [-0.25, -0.2) is 9.67 Å². The molecule has 2 heterocycles. The number of aromatic nitrogens is 3. The Morgan fingerprint density at radius 2 is 2.25 bits per heavy atom. The van der Waals surface area contributed by atoms with E-state index in [1.807, 2.05) is 4.68 Å². The number of carbonyl (C=O) groups is 1. The average molecular weight is 221 g/mol. The minimum Gasteiger partial charge on any atom is -0.481 e. The highest BCUT2D eigenvalue weighted by Crippen LogP contribution is 2.38. The van der Waals surface area contributed by atoms with Crippen molar-refractivity contribution in [3.05, 3.63) is 11.6 Å². The van der Waals surface area contributed by atoms with Crippen molar-refractivity contribution in [2.24, 2.45) is 5.92 Å². The molecule has 1 fully saturated rings. The summed E-state index contributed by atoms with van der Waals surface area (Å²) in [4.78, 5) is 15.2. The van der Waals surface area contributed by atoms with Crippen molar-refractivity contribution in [2.45, 2.75) is 44.6 Å². The van der Waals surface area contributed by atoms with Gasteiger partial charge in [-0.05, 0) is 25.2 Å². The van der Waals surface area contributed by atoms with Gasteiger partial charge in [-0.2, -0.15) is 5.10 Å². The van der Waals surface area contributed by atoms with Gasteiger partial charge in [-0.3, -0.25) is 4.79 Å². The van der Waals surface area contributed by atoms with Gasteiger partial charge in [0.2, 0.25) is 0 Å². The Balaban J connectivity index is 1.74. The molecule has 0 spiro atoms. The Morgan fingerprint density at radius 1 is 1.44 bits per heavy atom. The molecule has 5 nitrogen and oxygen atoms in total. The topological polar surface area (TPSA) is 68.0 Å². The number of aryl methyl sites for hydroxylation is 1. The number of nitrogens with zero attached hydrogens (tertiary/aromatic N) is 3. The summed E-state index contributed by atoms with van der Waals surface area (Å²) < 4.78 is 1.92. The minimum atomic E-state index is -0.712. The molecule has 0 bridgehead atoms. The van der Waals surface area contributed by atoms with Gasteiger partial charge in [0.25, 0.3) is 0 Å². The fourth-order valence-corrected chi connectivity index (χ4v) is 2.32.